The van der Waals surface area contributed by atoms with Crippen molar-refractivity contribution in [3.63, 3.8) is 0 Å². The van der Waals surface area contributed by atoms with Gasteiger partial charge in [0.15, 0.2) is 15.6 Å². The molecule has 1 aliphatic rings. The molecule has 0 amide bonds. The minimum absolute atomic E-state index is 0.00977. The Bertz CT molecular complexity index is 609. The van der Waals surface area contributed by atoms with E-state index in [-0.39, 0.29) is 29.4 Å². The molecule has 1 heterocycles. The number of ether oxygens (including phenoxy) is 1. The van der Waals surface area contributed by atoms with Gasteiger partial charge in [0.2, 0.25) is 0 Å². The van der Waals surface area contributed by atoms with Crippen LogP contribution in [0.2, 0.25) is 0 Å². The number of sulfone groups is 1. The van der Waals surface area contributed by atoms with Crippen molar-refractivity contribution in [1.29, 1.82) is 0 Å². The Morgan fingerprint density at radius 3 is 2.43 bits per heavy atom. The van der Waals surface area contributed by atoms with Crippen molar-refractivity contribution in [2.24, 2.45) is 0 Å². The summed E-state index contributed by atoms with van der Waals surface area (Å²) in [6, 6.07) is 6.54. The van der Waals surface area contributed by atoms with Crippen molar-refractivity contribution < 1.29 is 17.9 Å². The van der Waals surface area contributed by atoms with Crippen LogP contribution >= 0.6 is 0 Å². The lowest BCUT2D eigenvalue weighted by Crippen LogP contribution is -2.43. The standard InChI is InChI=1S/C15H21NO4S/c1-11(16(2)13-8-9-21(18,19)10-13)15(17)12-4-6-14(20-3)7-5-12/h4-7,11,13H,8-10H2,1-3H3. The van der Waals surface area contributed by atoms with E-state index in [0.717, 1.165) is 0 Å². The summed E-state index contributed by atoms with van der Waals surface area (Å²) >= 11 is 0. The normalized spacial score (nSPS) is 22.2. The van der Waals surface area contributed by atoms with Crippen LogP contribution in [0.25, 0.3) is 0 Å². The van der Waals surface area contributed by atoms with E-state index in [4.69, 9.17) is 4.74 Å². The SMILES string of the molecule is COc1ccc(C(=O)C(C)N(C)C2CCS(=O)(=O)C2)cc1. The third-order valence-corrected chi connectivity index (χ3v) is 5.90. The van der Waals surface area contributed by atoms with Crippen molar-refractivity contribution in [3.8, 4) is 5.75 Å². The van der Waals surface area contributed by atoms with Crippen molar-refractivity contribution >= 4 is 15.6 Å². The van der Waals surface area contributed by atoms with Gasteiger partial charge in [-0.1, -0.05) is 0 Å². The number of nitrogens with zero attached hydrogens (tertiary/aromatic N) is 1. The molecule has 0 N–H and O–H groups in total. The zero-order valence-corrected chi connectivity index (χ0v) is 13.4. The number of ketones is 1. The lowest BCUT2D eigenvalue weighted by Gasteiger charge is -2.28. The molecule has 1 aromatic rings. The maximum absolute atomic E-state index is 12.5. The van der Waals surface area contributed by atoms with Crippen LogP contribution in [0.3, 0.4) is 0 Å². The van der Waals surface area contributed by atoms with Crippen LogP contribution in [0, 0.1) is 0 Å². The molecule has 0 saturated carbocycles. The van der Waals surface area contributed by atoms with Crippen LogP contribution in [-0.4, -0.2) is 56.8 Å². The molecule has 1 aromatic carbocycles. The number of carbonyl (C=O) groups excluding carboxylic acids is 1. The Hall–Kier alpha value is -1.40. The summed E-state index contributed by atoms with van der Waals surface area (Å²) in [7, 11) is 0.451. The molecular weight excluding hydrogens is 290 g/mol. The van der Waals surface area contributed by atoms with Crippen LogP contribution in [0.4, 0.5) is 0 Å². The fourth-order valence-corrected chi connectivity index (χ4v) is 4.38. The molecule has 0 aromatic heterocycles. The molecule has 2 unspecified atom stereocenters. The molecule has 116 valence electrons. The van der Waals surface area contributed by atoms with Gasteiger partial charge < -0.3 is 4.74 Å². The first-order chi connectivity index (χ1) is 9.84. The summed E-state index contributed by atoms with van der Waals surface area (Å²) in [4.78, 5) is 14.3. The highest BCUT2D eigenvalue weighted by atomic mass is 32.2. The first-order valence-electron chi connectivity index (χ1n) is 6.94. The van der Waals surface area contributed by atoms with Crippen molar-refractivity contribution in [2.75, 3.05) is 25.7 Å². The quantitative estimate of drug-likeness (QED) is 0.769. The van der Waals surface area contributed by atoms with E-state index >= 15 is 0 Å². The lowest BCUT2D eigenvalue weighted by molar-refractivity contribution is 0.0830. The van der Waals surface area contributed by atoms with E-state index in [0.29, 0.717) is 17.7 Å². The van der Waals surface area contributed by atoms with Gasteiger partial charge >= 0.3 is 0 Å². The summed E-state index contributed by atoms with van der Waals surface area (Å²) in [5, 5.41) is 0. The highest BCUT2D eigenvalue weighted by Gasteiger charge is 2.34. The summed E-state index contributed by atoms with van der Waals surface area (Å²) in [5.74, 6) is 1.05. The predicted octanol–water partition coefficient (Wildman–Crippen LogP) is 1.39. The van der Waals surface area contributed by atoms with Crippen molar-refractivity contribution in [1.82, 2.24) is 4.90 Å². The topological polar surface area (TPSA) is 63.7 Å². The molecule has 5 nitrogen and oxygen atoms in total. The van der Waals surface area contributed by atoms with E-state index < -0.39 is 9.84 Å². The smallest absolute Gasteiger partial charge is 0.179 e. The molecule has 0 aliphatic carbocycles. The van der Waals surface area contributed by atoms with Crippen LogP contribution in [-0.2, 0) is 9.84 Å². The van der Waals surface area contributed by atoms with Crippen LogP contribution in [0.15, 0.2) is 24.3 Å². The van der Waals surface area contributed by atoms with Crippen LogP contribution < -0.4 is 4.74 Å². The minimum atomic E-state index is -2.94. The third kappa shape index (κ3) is 3.63. The summed E-state index contributed by atoms with van der Waals surface area (Å²) in [6.45, 7) is 1.82. The number of hydrogen-bond acceptors (Lipinski definition) is 5. The van der Waals surface area contributed by atoms with Gasteiger partial charge in [0.1, 0.15) is 5.75 Å². The predicted molar refractivity (Wildman–Crippen MR) is 81.6 cm³/mol. The van der Waals surface area contributed by atoms with Gasteiger partial charge in [-0.25, -0.2) is 8.42 Å². The van der Waals surface area contributed by atoms with Gasteiger partial charge in [-0.05, 0) is 44.7 Å². The second-order valence-electron chi connectivity index (χ2n) is 5.49. The fraction of sp³-hybridized carbons (Fsp3) is 0.533. The molecule has 21 heavy (non-hydrogen) atoms. The van der Waals surface area contributed by atoms with Gasteiger partial charge in [-0.15, -0.1) is 0 Å². The van der Waals surface area contributed by atoms with Gasteiger partial charge in [-0.3, -0.25) is 9.69 Å². The fourth-order valence-electron chi connectivity index (χ4n) is 2.59. The zero-order valence-electron chi connectivity index (χ0n) is 12.6. The Labute approximate surface area is 125 Å². The first kappa shape index (κ1) is 16.0. The number of benzene rings is 1. The van der Waals surface area contributed by atoms with E-state index in [9.17, 15) is 13.2 Å². The second-order valence-corrected chi connectivity index (χ2v) is 7.72. The largest absolute Gasteiger partial charge is 0.497 e. The number of hydrogen-bond donors (Lipinski definition) is 0. The van der Waals surface area contributed by atoms with E-state index in [1.54, 1.807) is 31.4 Å². The molecule has 2 atom stereocenters. The van der Waals surface area contributed by atoms with Gasteiger partial charge in [0.25, 0.3) is 0 Å². The van der Waals surface area contributed by atoms with Crippen LogP contribution in [0.1, 0.15) is 23.7 Å². The molecule has 1 aliphatic heterocycles. The number of likely N-dealkylation sites (N-methyl/N-ethyl adjacent to an activating group) is 1. The van der Waals surface area contributed by atoms with Gasteiger partial charge in [-0.2, -0.15) is 0 Å². The van der Waals surface area contributed by atoms with Crippen LogP contribution in [0.5, 0.6) is 5.75 Å². The Kier molecular flexibility index (Phi) is 4.68. The Balaban J connectivity index is 2.07. The monoisotopic (exact) mass is 311 g/mol. The number of carbonyl (C=O) groups is 1. The molecule has 1 fully saturated rings. The summed E-state index contributed by atoms with van der Waals surface area (Å²) in [6.07, 6.45) is 0.596. The Morgan fingerprint density at radius 2 is 1.95 bits per heavy atom. The molecular formula is C15H21NO4S. The molecule has 0 spiro atoms. The van der Waals surface area contributed by atoms with Gasteiger partial charge in [0, 0.05) is 11.6 Å². The molecule has 0 bridgehead atoms. The summed E-state index contributed by atoms with van der Waals surface area (Å²) in [5.41, 5.74) is 0.607. The Morgan fingerprint density at radius 1 is 1.33 bits per heavy atom. The van der Waals surface area contributed by atoms with Crippen molar-refractivity contribution in [2.45, 2.75) is 25.4 Å². The second kappa shape index (κ2) is 6.15. The summed E-state index contributed by atoms with van der Waals surface area (Å²) < 4.78 is 28.2. The molecule has 1 saturated heterocycles. The average Bonchev–Trinajstić information content (AvgIpc) is 2.85. The maximum Gasteiger partial charge on any atom is 0.179 e. The number of rotatable bonds is 5. The molecule has 0 radical (unpaired) electrons. The van der Waals surface area contributed by atoms with E-state index in [2.05, 4.69) is 0 Å². The van der Waals surface area contributed by atoms with E-state index in [1.165, 1.54) is 0 Å². The molecule has 6 heteroatoms. The number of methoxy groups -OCH3 is 1. The minimum Gasteiger partial charge on any atom is -0.497 e. The highest BCUT2D eigenvalue weighted by Crippen LogP contribution is 2.20. The zero-order chi connectivity index (χ0) is 15.6. The highest BCUT2D eigenvalue weighted by molar-refractivity contribution is 7.91. The first-order valence-corrected chi connectivity index (χ1v) is 8.77. The maximum atomic E-state index is 12.5. The van der Waals surface area contributed by atoms with Gasteiger partial charge in [0.05, 0.1) is 24.7 Å². The number of Topliss-reactive ketones (excluding diaryl/α,β-unsaturated/α-hetero) is 1. The van der Waals surface area contributed by atoms with Crippen molar-refractivity contribution in [3.05, 3.63) is 29.8 Å². The lowest BCUT2D eigenvalue weighted by atomic mass is 10.0. The third-order valence-electron chi connectivity index (χ3n) is 4.15. The van der Waals surface area contributed by atoms with E-state index in [1.807, 2.05) is 18.9 Å². The average molecular weight is 311 g/mol. The molecule has 2 rings (SSSR count).